The van der Waals surface area contributed by atoms with Crippen molar-refractivity contribution in [2.24, 2.45) is 0 Å². The molecule has 0 unspecified atom stereocenters. The van der Waals surface area contributed by atoms with Crippen molar-refractivity contribution in [2.75, 3.05) is 0 Å². The molecule has 0 atom stereocenters. The maximum Gasteiger partial charge on any atom is 0.0645 e. The normalized spacial score (nSPS) is 13.6. The lowest BCUT2D eigenvalue weighted by Crippen LogP contribution is -1.94. The fourth-order valence-electron chi connectivity index (χ4n) is 8.59. The van der Waals surface area contributed by atoms with Crippen LogP contribution in [0.15, 0.2) is 206 Å². The summed E-state index contributed by atoms with van der Waals surface area (Å²) in [4.78, 5) is 0. The molecule has 2 nitrogen and oxygen atoms in total. The molecule has 0 saturated heterocycles. The van der Waals surface area contributed by atoms with E-state index in [1.54, 1.807) is 15.9 Å². The number of hydrogen-bond donors (Lipinski definition) is 0. The van der Waals surface area contributed by atoms with Gasteiger partial charge >= 0.3 is 0 Å². The number of para-hydroxylation sites is 1. The largest absolute Gasteiger partial charge is 0.309 e. The van der Waals surface area contributed by atoms with Crippen LogP contribution in [0.4, 0.5) is 0 Å². The van der Waals surface area contributed by atoms with Gasteiger partial charge in [-0.15, -0.1) is 11.3 Å². The molecule has 0 N–H and O–H groups in total. The third-order valence-corrected chi connectivity index (χ3v) is 12.3. The molecular formula is C54H34N2S. The van der Waals surface area contributed by atoms with E-state index in [-0.39, 0.29) is 57.6 Å². The van der Waals surface area contributed by atoms with E-state index in [0.29, 0.717) is 11.3 Å². The summed E-state index contributed by atoms with van der Waals surface area (Å²) in [5, 5.41) is 4.66. The summed E-state index contributed by atoms with van der Waals surface area (Å²) in [5.41, 5.74) is 8.53. The van der Waals surface area contributed by atoms with Crippen molar-refractivity contribution in [3.05, 3.63) is 206 Å². The van der Waals surface area contributed by atoms with Gasteiger partial charge < -0.3 is 9.13 Å². The maximum atomic E-state index is 9.98. The van der Waals surface area contributed by atoms with Gasteiger partial charge in [0.05, 0.1) is 31.7 Å². The maximum absolute atomic E-state index is 9.98. The Morgan fingerprint density at radius 3 is 1.96 bits per heavy atom. The Morgan fingerprint density at radius 1 is 0.368 bits per heavy atom. The van der Waals surface area contributed by atoms with Crippen LogP contribution in [0.3, 0.4) is 0 Å². The van der Waals surface area contributed by atoms with Gasteiger partial charge in [-0.2, -0.15) is 0 Å². The van der Waals surface area contributed by atoms with E-state index < -0.39 is 12.1 Å². The van der Waals surface area contributed by atoms with Crippen molar-refractivity contribution in [3.8, 4) is 44.8 Å². The van der Waals surface area contributed by atoms with Gasteiger partial charge in [-0.1, -0.05) is 133 Å². The highest BCUT2D eigenvalue weighted by Gasteiger charge is 2.19. The van der Waals surface area contributed by atoms with Crippen molar-refractivity contribution in [1.29, 1.82) is 0 Å². The fourth-order valence-corrected chi connectivity index (χ4v) is 9.67. The van der Waals surface area contributed by atoms with Gasteiger partial charge in [0, 0.05) is 53.1 Å². The Hall–Kier alpha value is -7.20. The summed E-state index contributed by atoms with van der Waals surface area (Å²) >= 11 is 1.78. The molecule has 3 aromatic heterocycles. The van der Waals surface area contributed by atoms with E-state index in [1.165, 1.54) is 20.2 Å². The number of thiophene rings is 1. The van der Waals surface area contributed by atoms with Gasteiger partial charge in [0.1, 0.15) is 0 Å². The third kappa shape index (κ3) is 5.03. The summed E-state index contributed by atoms with van der Waals surface area (Å²) in [7, 11) is 0. The van der Waals surface area contributed by atoms with E-state index in [9.17, 15) is 6.85 Å². The lowest BCUT2D eigenvalue weighted by Gasteiger charge is -2.11. The standard InChI is InChI=1S/C54H34N2S/c1-3-13-35(14-4-1)37-17-11-18-40(31-37)55-48-22-9-7-19-43(48)45-32-38(25-28-49(45)55)39-26-29-50-47(33-39)54-42(36-15-5-2-6-16-36)21-12-23-51(54)56(50)41-27-30-53-46(34-41)44-20-8-10-24-52(44)57-53/h1-34H/i7D,9D,19D,22D,25D,28D,32D. The number of fused-ring (bicyclic) bond motifs is 9. The second-order valence-corrected chi connectivity index (χ2v) is 15.4. The smallest absolute Gasteiger partial charge is 0.0645 e. The predicted octanol–water partition coefficient (Wildman–Crippen LogP) is 15.2. The summed E-state index contributed by atoms with van der Waals surface area (Å²) in [6, 6.07) is 53.2. The molecular weight excluding hydrogens is 709 g/mol. The molecule has 0 radical (unpaired) electrons. The van der Waals surface area contributed by atoms with Crippen LogP contribution in [0.2, 0.25) is 0 Å². The first-order valence-electron chi connectivity index (χ1n) is 22.4. The predicted molar refractivity (Wildman–Crippen MR) is 244 cm³/mol. The van der Waals surface area contributed by atoms with Gasteiger partial charge in [-0.05, 0) is 106 Å². The molecule has 266 valence electrons. The van der Waals surface area contributed by atoms with Crippen LogP contribution in [0.1, 0.15) is 9.60 Å². The first-order valence-corrected chi connectivity index (χ1v) is 19.8. The average molecular weight is 750 g/mol. The van der Waals surface area contributed by atoms with Gasteiger partial charge in [-0.25, -0.2) is 0 Å². The summed E-state index contributed by atoms with van der Waals surface area (Å²) in [6.07, 6.45) is 0. The Morgan fingerprint density at radius 2 is 1.07 bits per heavy atom. The number of aromatic nitrogens is 2. The molecule has 0 bridgehead atoms. The van der Waals surface area contributed by atoms with E-state index in [2.05, 4.69) is 77.4 Å². The van der Waals surface area contributed by atoms with Crippen molar-refractivity contribution in [1.82, 2.24) is 9.13 Å². The van der Waals surface area contributed by atoms with Gasteiger partial charge in [0.25, 0.3) is 0 Å². The first kappa shape index (κ1) is 25.8. The van der Waals surface area contributed by atoms with Gasteiger partial charge in [-0.3, -0.25) is 0 Å². The molecule has 9 aromatic carbocycles. The zero-order valence-electron chi connectivity index (χ0n) is 37.4. The number of hydrogen-bond acceptors (Lipinski definition) is 1. The monoisotopic (exact) mass is 749 g/mol. The van der Waals surface area contributed by atoms with Crippen molar-refractivity contribution >= 4 is 75.1 Å². The van der Waals surface area contributed by atoms with Crippen LogP contribution in [-0.4, -0.2) is 9.13 Å². The van der Waals surface area contributed by atoms with Crippen molar-refractivity contribution < 1.29 is 9.60 Å². The van der Waals surface area contributed by atoms with E-state index >= 15 is 0 Å². The van der Waals surface area contributed by atoms with Crippen LogP contribution in [0, 0.1) is 0 Å². The van der Waals surface area contributed by atoms with E-state index in [4.69, 9.17) is 2.74 Å². The molecule has 0 aliphatic rings. The average Bonchev–Trinajstić information content (AvgIpc) is 4.01. The van der Waals surface area contributed by atoms with Crippen LogP contribution in [0.25, 0.3) is 109 Å². The number of rotatable bonds is 5. The highest BCUT2D eigenvalue weighted by molar-refractivity contribution is 7.25. The summed E-state index contributed by atoms with van der Waals surface area (Å²) < 4.78 is 71.6. The molecule has 57 heavy (non-hydrogen) atoms. The topological polar surface area (TPSA) is 9.86 Å². The van der Waals surface area contributed by atoms with Gasteiger partial charge in [0.15, 0.2) is 0 Å². The Kier molecular flexibility index (Phi) is 5.74. The van der Waals surface area contributed by atoms with Crippen LogP contribution >= 0.6 is 11.3 Å². The minimum atomic E-state index is -0.423. The Labute approximate surface area is 343 Å². The van der Waals surface area contributed by atoms with E-state index in [1.807, 2.05) is 91.0 Å². The molecule has 0 fully saturated rings. The summed E-state index contributed by atoms with van der Waals surface area (Å²) in [5.74, 6) is 0. The quantitative estimate of drug-likeness (QED) is 0.166. The molecule has 0 spiro atoms. The SMILES string of the molecule is [2H]c1c([2H])c([2H])c2c(c1[2H])c1c([2H])c(-c3ccc4c(c3)c3c(-c5ccccc5)cccc3n4-c3ccc4sc5ccccc5c4c3)c([2H])c([2H])c1n2-c1cccc(-c2ccccc2)c1. The molecule has 0 aliphatic heterocycles. The van der Waals surface area contributed by atoms with Gasteiger partial charge in [0.2, 0.25) is 0 Å². The van der Waals surface area contributed by atoms with Crippen LogP contribution in [0.5, 0.6) is 0 Å². The second kappa shape index (κ2) is 12.7. The zero-order chi connectivity index (χ0) is 43.5. The molecule has 3 heterocycles. The van der Waals surface area contributed by atoms with E-state index in [0.717, 1.165) is 49.7 Å². The molecule has 0 amide bonds. The Bertz CT molecular complexity index is 3930. The van der Waals surface area contributed by atoms with Crippen LogP contribution in [-0.2, 0) is 0 Å². The third-order valence-electron chi connectivity index (χ3n) is 11.2. The summed E-state index contributed by atoms with van der Waals surface area (Å²) in [6.45, 7) is 0. The van der Waals surface area contributed by atoms with Crippen molar-refractivity contribution in [3.63, 3.8) is 0 Å². The molecule has 0 saturated carbocycles. The van der Waals surface area contributed by atoms with Crippen LogP contribution < -0.4 is 0 Å². The number of nitrogens with zero attached hydrogens (tertiary/aromatic N) is 2. The second-order valence-electron chi connectivity index (χ2n) is 14.4. The molecule has 12 aromatic rings. The molecule has 12 rings (SSSR count). The minimum Gasteiger partial charge on any atom is -0.309 e. The zero-order valence-corrected chi connectivity index (χ0v) is 31.2. The minimum absolute atomic E-state index is 0.0786. The number of benzene rings is 9. The first-order chi connectivity index (χ1) is 31.2. The highest BCUT2D eigenvalue weighted by Crippen LogP contribution is 2.43. The highest BCUT2D eigenvalue weighted by atomic mass is 32.1. The lowest BCUT2D eigenvalue weighted by molar-refractivity contribution is 1.18. The Balaban J connectivity index is 1.16. The lowest BCUT2D eigenvalue weighted by atomic mass is 9.97. The fraction of sp³-hybridized carbons (Fsp3) is 0. The molecule has 0 aliphatic carbocycles. The van der Waals surface area contributed by atoms with Crippen molar-refractivity contribution in [2.45, 2.75) is 0 Å². The molecule has 3 heteroatoms.